The van der Waals surface area contributed by atoms with Crippen LogP contribution in [0.15, 0.2) is 36.7 Å². The highest BCUT2D eigenvalue weighted by Crippen LogP contribution is 2.19. The molecule has 0 fully saturated rings. The van der Waals surface area contributed by atoms with Gasteiger partial charge in [0.1, 0.15) is 5.82 Å². The van der Waals surface area contributed by atoms with E-state index in [0.29, 0.717) is 0 Å². The first kappa shape index (κ1) is 12.3. The molecule has 0 aliphatic heterocycles. The Balaban J connectivity index is 2.24. The Kier molecular flexibility index (Phi) is 3.43. The van der Waals surface area contributed by atoms with Crippen molar-refractivity contribution >= 4 is 28.9 Å². The van der Waals surface area contributed by atoms with Gasteiger partial charge in [-0.25, -0.2) is 4.39 Å². The molecule has 0 radical (unpaired) electrons. The van der Waals surface area contributed by atoms with E-state index in [9.17, 15) is 9.18 Å². The monoisotopic (exact) mass is 265 g/mol. The maximum absolute atomic E-state index is 13.1. The Bertz CT molecular complexity index is 583. The molecule has 0 aliphatic carbocycles. The lowest BCUT2D eigenvalue weighted by molar-refractivity contribution is 0.102. The summed E-state index contributed by atoms with van der Waals surface area (Å²) in [6, 6.07) is 5.26. The number of carbonyl (C=O) groups is 1. The predicted molar refractivity (Wildman–Crippen MR) is 68.0 cm³/mol. The number of nitrogens with two attached hydrogens (primary N) is 1. The molecule has 3 N–H and O–H groups in total. The van der Waals surface area contributed by atoms with Gasteiger partial charge in [-0.3, -0.25) is 9.78 Å². The van der Waals surface area contributed by atoms with Gasteiger partial charge in [-0.1, -0.05) is 11.6 Å². The molecular weight excluding hydrogens is 257 g/mol. The number of carbonyl (C=O) groups excluding carboxylic acids is 1. The van der Waals surface area contributed by atoms with Crippen LogP contribution in [0.5, 0.6) is 0 Å². The van der Waals surface area contributed by atoms with Crippen molar-refractivity contribution in [1.82, 2.24) is 4.98 Å². The van der Waals surface area contributed by atoms with Crippen molar-refractivity contribution < 1.29 is 9.18 Å². The highest BCUT2D eigenvalue weighted by atomic mass is 35.5. The van der Waals surface area contributed by atoms with Gasteiger partial charge in [-0.2, -0.15) is 0 Å². The number of rotatable bonds is 2. The minimum absolute atomic E-state index is 0.222. The third-order valence-corrected chi connectivity index (χ3v) is 2.50. The van der Waals surface area contributed by atoms with Gasteiger partial charge in [-0.05, 0) is 24.3 Å². The SMILES string of the molecule is Nc1cc(F)cc(NC(=O)c2ccncc2Cl)c1. The van der Waals surface area contributed by atoms with E-state index >= 15 is 0 Å². The number of aromatic nitrogens is 1. The molecule has 1 aromatic heterocycles. The number of nitrogens with zero attached hydrogens (tertiary/aromatic N) is 1. The minimum atomic E-state index is -0.522. The highest BCUT2D eigenvalue weighted by molar-refractivity contribution is 6.34. The van der Waals surface area contributed by atoms with Crippen LogP contribution in [-0.4, -0.2) is 10.9 Å². The van der Waals surface area contributed by atoms with Crippen LogP contribution >= 0.6 is 11.6 Å². The molecule has 2 rings (SSSR count). The molecule has 2 aromatic rings. The Morgan fingerprint density at radius 2 is 2.17 bits per heavy atom. The van der Waals surface area contributed by atoms with Gasteiger partial charge in [0, 0.05) is 23.8 Å². The molecule has 0 saturated carbocycles. The van der Waals surface area contributed by atoms with Gasteiger partial charge in [0.2, 0.25) is 0 Å². The summed E-state index contributed by atoms with van der Waals surface area (Å²) < 4.78 is 13.1. The number of nitrogen functional groups attached to an aromatic ring is 1. The molecule has 0 spiro atoms. The maximum Gasteiger partial charge on any atom is 0.257 e. The topological polar surface area (TPSA) is 68.0 Å². The molecule has 92 valence electrons. The third kappa shape index (κ3) is 2.75. The van der Waals surface area contributed by atoms with E-state index < -0.39 is 11.7 Å². The molecule has 0 aliphatic rings. The largest absolute Gasteiger partial charge is 0.399 e. The second-order valence-corrected chi connectivity index (χ2v) is 3.99. The molecule has 0 bridgehead atoms. The lowest BCUT2D eigenvalue weighted by atomic mass is 10.2. The number of amides is 1. The van der Waals surface area contributed by atoms with Crippen LogP contribution in [0.4, 0.5) is 15.8 Å². The molecule has 18 heavy (non-hydrogen) atoms. The standard InChI is InChI=1S/C12H9ClFN3O/c13-11-6-16-2-1-10(11)12(18)17-9-4-7(14)3-8(15)5-9/h1-6H,15H2,(H,17,18). The summed E-state index contributed by atoms with van der Waals surface area (Å²) in [6.07, 6.45) is 2.80. The van der Waals surface area contributed by atoms with E-state index in [1.807, 2.05) is 0 Å². The van der Waals surface area contributed by atoms with Crippen LogP contribution in [0.2, 0.25) is 5.02 Å². The molecule has 1 aromatic carbocycles. The lowest BCUT2D eigenvalue weighted by Crippen LogP contribution is -2.13. The van der Waals surface area contributed by atoms with Crippen LogP contribution in [0, 0.1) is 5.82 Å². The number of benzene rings is 1. The maximum atomic E-state index is 13.1. The van der Waals surface area contributed by atoms with E-state index in [1.54, 1.807) is 0 Å². The summed E-state index contributed by atoms with van der Waals surface area (Å²) >= 11 is 5.83. The fourth-order valence-electron chi connectivity index (χ4n) is 1.44. The van der Waals surface area contributed by atoms with Crippen molar-refractivity contribution in [1.29, 1.82) is 0 Å². The average Bonchev–Trinajstić information content (AvgIpc) is 2.27. The van der Waals surface area contributed by atoms with Crippen molar-refractivity contribution in [2.45, 2.75) is 0 Å². The van der Waals surface area contributed by atoms with Gasteiger partial charge >= 0.3 is 0 Å². The fourth-order valence-corrected chi connectivity index (χ4v) is 1.65. The van der Waals surface area contributed by atoms with Crippen molar-refractivity contribution in [3.63, 3.8) is 0 Å². The van der Waals surface area contributed by atoms with Crippen molar-refractivity contribution in [3.05, 3.63) is 53.1 Å². The van der Waals surface area contributed by atoms with Crippen molar-refractivity contribution in [3.8, 4) is 0 Å². The number of pyridine rings is 1. The van der Waals surface area contributed by atoms with Gasteiger partial charge in [0.15, 0.2) is 0 Å². The quantitative estimate of drug-likeness (QED) is 0.821. The first-order chi connectivity index (χ1) is 8.56. The summed E-state index contributed by atoms with van der Waals surface area (Å²) in [5, 5.41) is 2.73. The smallest absolute Gasteiger partial charge is 0.257 e. The molecule has 0 atom stereocenters. The summed E-state index contributed by atoms with van der Waals surface area (Å²) in [5.41, 5.74) is 6.23. The Labute approximate surface area is 108 Å². The van der Waals surface area contributed by atoms with Crippen LogP contribution in [0.1, 0.15) is 10.4 Å². The first-order valence-corrected chi connectivity index (χ1v) is 5.41. The second kappa shape index (κ2) is 5.01. The van der Waals surface area contributed by atoms with Gasteiger partial charge in [0.25, 0.3) is 5.91 Å². The average molecular weight is 266 g/mol. The van der Waals surface area contributed by atoms with Crippen LogP contribution in [0.3, 0.4) is 0 Å². The molecule has 6 heteroatoms. The Morgan fingerprint density at radius 3 is 2.83 bits per heavy atom. The first-order valence-electron chi connectivity index (χ1n) is 5.03. The van der Waals surface area contributed by atoms with E-state index in [4.69, 9.17) is 17.3 Å². The van der Waals surface area contributed by atoms with Gasteiger partial charge in [-0.15, -0.1) is 0 Å². The predicted octanol–water partition coefficient (Wildman–Crippen LogP) is 2.71. The summed E-state index contributed by atoms with van der Waals surface area (Å²) in [7, 11) is 0. The van der Waals surface area contributed by atoms with Crippen LogP contribution < -0.4 is 11.1 Å². The zero-order valence-corrected chi connectivity index (χ0v) is 9.91. The zero-order valence-electron chi connectivity index (χ0n) is 9.15. The lowest BCUT2D eigenvalue weighted by Gasteiger charge is -2.07. The molecule has 0 unspecified atom stereocenters. The number of hydrogen-bond acceptors (Lipinski definition) is 3. The molecule has 1 amide bonds. The Morgan fingerprint density at radius 1 is 1.39 bits per heavy atom. The third-order valence-electron chi connectivity index (χ3n) is 2.20. The Hall–Kier alpha value is -2.14. The van der Waals surface area contributed by atoms with E-state index in [0.717, 1.165) is 6.07 Å². The number of hydrogen-bond donors (Lipinski definition) is 2. The summed E-state index contributed by atoms with van der Waals surface area (Å²) in [4.78, 5) is 15.6. The molecule has 1 heterocycles. The van der Waals surface area contributed by atoms with Crippen LogP contribution in [0.25, 0.3) is 0 Å². The fraction of sp³-hybridized carbons (Fsp3) is 0. The molecule has 0 saturated heterocycles. The van der Waals surface area contributed by atoms with Crippen molar-refractivity contribution in [2.75, 3.05) is 11.1 Å². The summed E-state index contributed by atoms with van der Waals surface area (Å²) in [6.45, 7) is 0. The molecule has 4 nitrogen and oxygen atoms in total. The van der Waals surface area contributed by atoms with Gasteiger partial charge < -0.3 is 11.1 Å². The normalized spacial score (nSPS) is 10.1. The number of nitrogens with one attached hydrogen (secondary N) is 1. The van der Waals surface area contributed by atoms with E-state index in [-0.39, 0.29) is 22.0 Å². The zero-order chi connectivity index (χ0) is 13.1. The number of halogens is 2. The van der Waals surface area contributed by atoms with E-state index in [1.165, 1.54) is 30.6 Å². The number of anilines is 2. The minimum Gasteiger partial charge on any atom is -0.399 e. The highest BCUT2D eigenvalue weighted by Gasteiger charge is 2.10. The van der Waals surface area contributed by atoms with Crippen LogP contribution in [-0.2, 0) is 0 Å². The second-order valence-electron chi connectivity index (χ2n) is 3.58. The van der Waals surface area contributed by atoms with Gasteiger partial charge in [0.05, 0.1) is 10.6 Å². The van der Waals surface area contributed by atoms with Crippen molar-refractivity contribution in [2.24, 2.45) is 0 Å². The summed E-state index contributed by atoms with van der Waals surface area (Å²) in [5.74, 6) is -0.974. The molecular formula is C12H9ClFN3O. The van der Waals surface area contributed by atoms with E-state index in [2.05, 4.69) is 10.3 Å².